The fraction of sp³-hybridized carbons (Fsp3) is 0.769. The molecule has 0 spiro atoms. The van der Waals surface area contributed by atoms with E-state index >= 15 is 0 Å². The molecule has 0 saturated heterocycles. The van der Waals surface area contributed by atoms with E-state index in [0.29, 0.717) is 0 Å². The van der Waals surface area contributed by atoms with Crippen LogP contribution in [0.3, 0.4) is 0 Å². The largest absolute Gasteiger partial charge is 0.459 e. The van der Waals surface area contributed by atoms with E-state index in [4.69, 9.17) is 9.47 Å². The van der Waals surface area contributed by atoms with Gasteiger partial charge in [0.05, 0.1) is 6.42 Å². The van der Waals surface area contributed by atoms with Crippen LogP contribution in [0.5, 0.6) is 0 Å². The Kier molecular flexibility index (Phi) is 4.97. The van der Waals surface area contributed by atoms with E-state index in [0.717, 1.165) is 25.7 Å². The molecule has 1 radical (unpaired) electrons. The molecule has 1 aliphatic rings. The Morgan fingerprint density at radius 1 is 1.18 bits per heavy atom. The predicted molar refractivity (Wildman–Crippen MR) is 63.1 cm³/mol. The molecule has 0 amide bonds. The fourth-order valence-electron chi connectivity index (χ4n) is 1.83. The zero-order valence-electron chi connectivity index (χ0n) is 10.8. The van der Waals surface area contributed by atoms with Gasteiger partial charge in [0.2, 0.25) is 5.60 Å². The van der Waals surface area contributed by atoms with Gasteiger partial charge in [-0.1, -0.05) is 13.3 Å². The monoisotopic (exact) mass is 241 g/mol. The molecule has 0 unspecified atom stereocenters. The van der Waals surface area contributed by atoms with Crippen LogP contribution in [-0.2, 0) is 19.1 Å². The van der Waals surface area contributed by atoms with Gasteiger partial charge in [0, 0.05) is 0 Å². The molecule has 17 heavy (non-hydrogen) atoms. The van der Waals surface area contributed by atoms with Crippen LogP contribution in [0.4, 0.5) is 0 Å². The second-order valence-electron chi connectivity index (χ2n) is 4.89. The normalized spacial score (nSPS) is 17.6. The first kappa shape index (κ1) is 14.0. The number of ether oxygens (including phenoxy) is 2. The minimum Gasteiger partial charge on any atom is -0.459 e. The Balaban J connectivity index is 2.46. The van der Waals surface area contributed by atoms with Crippen LogP contribution in [0.2, 0.25) is 0 Å². The molecule has 4 nitrogen and oxygen atoms in total. The van der Waals surface area contributed by atoms with E-state index in [1.54, 1.807) is 20.8 Å². The van der Waals surface area contributed by atoms with Gasteiger partial charge in [-0.25, -0.2) is 4.79 Å². The molecule has 0 N–H and O–H groups in total. The first-order chi connectivity index (χ1) is 7.95. The maximum Gasteiger partial charge on any atom is 0.350 e. The SMILES string of the molecule is C[CH]C(=O)OC(C)(C)C(=O)OC1CCCCC1. The molecule has 4 heteroatoms. The topological polar surface area (TPSA) is 52.6 Å². The van der Waals surface area contributed by atoms with Gasteiger partial charge in [-0.2, -0.15) is 0 Å². The summed E-state index contributed by atoms with van der Waals surface area (Å²) in [6, 6.07) is 0. The number of rotatable bonds is 4. The van der Waals surface area contributed by atoms with E-state index in [2.05, 4.69) is 0 Å². The van der Waals surface area contributed by atoms with Crippen LogP contribution >= 0.6 is 0 Å². The van der Waals surface area contributed by atoms with Crippen LogP contribution in [-0.4, -0.2) is 23.6 Å². The van der Waals surface area contributed by atoms with Gasteiger partial charge in [0.15, 0.2) is 0 Å². The van der Waals surface area contributed by atoms with Gasteiger partial charge in [0.25, 0.3) is 0 Å². The molecule has 0 aliphatic heterocycles. The Labute approximate surface area is 103 Å². The van der Waals surface area contributed by atoms with Crippen LogP contribution in [0.1, 0.15) is 52.9 Å². The molecule has 0 aromatic rings. The van der Waals surface area contributed by atoms with Crippen molar-refractivity contribution in [3.8, 4) is 0 Å². The highest BCUT2D eigenvalue weighted by Crippen LogP contribution is 2.23. The number of hydrogen-bond acceptors (Lipinski definition) is 4. The van der Waals surface area contributed by atoms with Crippen molar-refractivity contribution in [3.05, 3.63) is 6.42 Å². The fourth-order valence-corrected chi connectivity index (χ4v) is 1.83. The number of hydrogen-bond donors (Lipinski definition) is 0. The summed E-state index contributed by atoms with van der Waals surface area (Å²) in [5.41, 5.74) is -1.21. The Morgan fingerprint density at radius 2 is 1.76 bits per heavy atom. The lowest BCUT2D eigenvalue weighted by Crippen LogP contribution is -2.41. The predicted octanol–water partition coefficient (Wildman–Crippen LogP) is 2.41. The van der Waals surface area contributed by atoms with Gasteiger partial charge in [-0.15, -0.1) is 0 Å². The molecule has 1 fully saturated rings. The van der Waals surface area contributed by atoms with Crippen molar-refractivity contribution in [2.24, 2.45) is 0 Å². The minimum atomic E-state index is -1.21. The third kappa shape index (κ3) is 4.36. The molecule has 1 aliphatic carbocycles. The average Bonchev–Trinajstić information content (AvgIpc) is 2.29. The third-order valence-electron chi connectivity index (χ3n) is 2.91. The molecule has 0 heterocycles. The third-order valence-corrected chi connectivity index (χ3v) is 2.91. The lowest BCUT2D eigenvalue weighted by Gasteiger charge is -2.28. The highest BCUT2D eigenvalue weighted by atomic mass is 16.6. The van der Waals surface area contributed by atoms with Crippen LogP contribution in [0.25, 0.3) is 0 Å². The van der Waals surface area contributed by atoms with Gasteiger partial charge in [-0.05, 0) is 39.5 Å². The molecule has 97 valence electrons. The summed E-state index contributed by atoms with van der Waals surface area (Å²) in [5.74, 6) is -0.963. The van der Waals surface area contributed by atoms with Gasteiger partial charge in [0.1, 0.15) is 6.10 Å². The van der Waals surface area contributed by atoms with E-state index < -0.39 is 17.5 Å². The van der Waals surface area contributed by atoms with Gasteiger partial charge >= 0.3 is 11.9 Å². The van der Waals surface area contributed by atoms with Crippen molar-refractivity contribution in [2.45, 2.75) is 64.6 Å². The van der Waals surface area contributed by atoms with Crippen molar-refractivity contribution in [3.63, 3.8) is 0 Å². The molecule has 0 aromatic carbocycles. The van der Waals surface area contributed by atoms with Gasteiger partial charge in [-0.3, -0.25) is 4.79 Å². The Morgan fingerprint density at radius 3 is 2.29 bits per heavy atom. The second-order valence-corrected chi connectivity index (χ2v) is 4.89. The molecule has 0 atom stereocenters. The van der Waals surface area contributed by atoms with Crippen molar-refractivity contribution >= 4 is 11.9 Å². The highest BCUT2D eigenvalue weighted by molar-refractivity contribution is 5.85. The van der Waals surface area contributed by atoms with Crippen molar-refractivity contribution in [1.82, 2.24) is 0 Å². The lowest BCUT2D eigenvalue weighted by molar-refractivity contribution is -0.181. The van der Waals surface area contributed by atoms with Crippen molar-refractivity contribution in [2.75, 3.05) is 0 Å². The van der Waals surface area contributed by atoms with Crippen molar-refractivity contribution in [1.29, 1.82) is 0 Å². The number of esters is 2. The van der Waals surface area contributed by atoms with Crippen LogP contribution in [0, 0.1) is 6.42 Å². The first-order valence-corrected chi connectivity index (χ1v) is 6.19. The number of carbonyl (C=O) groups is 2. The molecule has 1 rings (SSSR count). The summed E-state index contributed by atoms with van der Waals surface area (Å²) in [5, 5.41) is 0. The van der Waals surface area contributed by atoms with Gasteiger partial charge < -0.3 is 9.47 Å². The van der Waals surface area contributed by atoms with E-state index in [-0.39, 0.29) is 6.10 Å². The molecular weight excluding hydrogens is 220 g/mol. The zero-order chi connectivity index (χ0) is 12.9. The van der Waals surface area contributed by atoms with Crippen LogP contribution < -0.4 is 0 Å². The highest BCUT2D eigenvalue weighted by Gasteiger charge is 2.35. The Hall–Kier alpha value is -1.06. The zero-order valence-corrected chi connectivity index (χ0v) is 10.8. The summed E-state index contributed by atoms with van der Waals surface area (Å²) in [7, 11) is 0. The van der Waals surface area contributed by atoms with Crippen molar-refractivity contribution < 1.29 is 19.1 Å². The lowest BCUT2D eigenvalue weighted by atomic mass is 9.97. The summed E-state index contributed by atoms with van der Waals surface area (Å²) < 4.78 is 10.4. The summed E-state index contributed by atoms with van der Waals surface area (Å²) in [4.78, 5) is 23.0. The van der Waals surface area contributed by atoms with Crippen LogP contribution in [0.15, 0.2) is 0 Å². The standard InChI is InChI=1S/C13H21O4/c1-4-11(14)17-13(2,3)12(15)16-10-8-6-5-7-9-10/h4,10H,5-9H2,1-3H3. The smallest absolute Gasteiger partial charge is 0.350 e. The summed E-state index contributed by atoms with van der Waals surface area (Å²) in [6.07, 6.45) is 6.50. The quantitative estimate of drug-likeness (QED) is 0.709. The number of carbonyl (C=O) groups excluding carboxylic acids is 2. The minimum absolute atomic E-state index is 0.0140. The summed E-state index contributed by atoms with van der Waals surface area (Å²) >= 11 is 0. The molecular formula is C13H21O4. The second kappa shape index (κ2) is 6.03. The van der Waals surface area contributed by atoms with E-state index in [1.807, 2.05) is 0 Å². The summed E-state index contributed by atoms with van der Waals surface area (Å²) in [6.45, 7) is 4.68. The molecule has 1 saturated carbocycles. The van der Waals surface area contributed by atoms with E-state index in [9.17, 15) is 9.59 Å². The maximum atomic E-state index is 11.9. The Bertz CT molecular complexity index is 277. The molecule has 0 aromatic heterocycles. The molecule has 0 bridgehead atoms. The average molecular weight is 241 g/mol. The first-order valence-electron chi connectivity index (χ1n) is 6.19. The maximum absolute atomic E-state index is 11.9. The van der Waals surface area contributed by atoms with E-state index in [1.165, 1.54) is 12.8 Å².